The second kappa shape index (κ2) is 8.36. The second-order valence-corrected chi connectivity index (χ2v) is 7.22. The molecule has 6 nitrogen and oxygen atoms in total. The summed E-state index contributed by atoms with van der Waals surface area (Å²) in [7, 11) is 0. The van der Waals surface area contributed by atoms with Crippen LogP contribution in [0.1, 0.15) is 22.6 Å². The first-order valence-electron chi connectivity index (χ1n) is 9.29. The van der Waals surface area contributed by atoms with E-state index in [1.807, 2.05) is 60.4 Å². The van der Waals surface area contributed by atoms with Crippen LogP contribution in [0.3, 0.4) is 0 Å². The fourth-order valence-electron chi connectivity index (χ4n) is 3.23. The van der Waals surface area contributed by atoms with Gasteiger partial charge in [-0.25, -0.2) is 0 Å². The first-order chi connectivity index (χ1) is 14.1. The van der Waals surface area contributed by atoms with Gasteiger partial charge in [0.1, 0.15) is 11.5 Å². The maximum absolute atomic E-state index is 12.7. The van der Waals surface area contributed by atoms with Crippen molar-refractivity contribution < 1.29 is 8.83 Å². The van der Waals surface area contributed by atoms with E-state index in [0.717, 1.165) is 28.0 Å². The summed E-state index contributed by atoms with van der Waals surface area (Å²) in [6.07, 6.45) is 3.25. The molecule has 4 rings (SSSR count). The molecular weight excluding hydrogens is 386 g/mol. The normalized spacial score (nSPS) is 10.9. The van der Waals surface area contributed by atoms with Gasteiger partial charge in [-0.15, -0.1) is 0 Å². The minimum atomic E-state index is -0.120. The van der Waals surface area contributed by atoms with Crippen LogP contribution in [0, 0.1) is 6.92 Å². The van der Waals surface area contributed by atoms with Crippen molar-refractivity contribution in [2.45, 2.75) is 26.6 Å². The van der Waals surface area contributed by atoms with Gasteiger partial charge in [0.15, 0.2) is 5.11 Å². The number of rotatable bonds is 6. The molecule has 0 fully saturated rings. The van der Waals surface area contributed by atoms with Gasteiger partial charge in [0.05, 0.1) is 37.7 Å². The van der Waals surface area contributed by atoms with Crippen LogP contribution in [0.15, 0.2) is 74.7 Å². The summed E-state index contributed by atoms with van der Waals surface area (Å²) in [6.45, 7) is 3.24. The highest BCUT2D eigenvalue weighted by Crippen LogP contribution is 2.17. The van der Waals surface area contributed by atoms with Gasteiger partial charge in [0, 0.05) is 5.56 Å². The molecule has 0 atom stereocenters. The molecule has 3 heterocycles. The Morgan fingerprint density at radius 2 is 1.83 bits per heavy atom. The van der Waals surface area contributed by atoms with Crippen LogP contribution < -0.4 is 10.9 Å². The van der Waals surface area contributed by atoms with E-state index in [-0.39, 0.29) is 5.56 Å². The van der Waals surface area contributed by atoms with E-state index in [1.165, 1.54) is 0 Å². The van der Waals surface area contributed by atoms with Crippen LogP contribution in [-0.2, 0) is 19.6 Å². The van der Waals surface area contributed by atoms with Crippen molar-refractivity contribution >= 4 is 28.2 Å². The minimum absolute atomic E-state index is 0.120. The summed E-state index contributed by atoms with van der Waals surface area (Å²) in [5.41, 5.74) is 2.41. The number of fused-ring (bicyclic) bond motifs is 1. The predicted octanol–water partition coefficient (Wildman–Crippen LogP) is 4.10. The van der Waals surface area contributed by atoms with Crippen LogP contribution in [0.2, 0.25) is 0 Å². The summed E-state index contributed by atoms with van der Waals surface area (Å²) in [6, 6.07) is 15.3. The molecule has 0 saturated carbocycles. The third-order valence-electron chi connectivity index (χ3n) is 4.73. The number of hydrogen-bond donors (Lipinski definition) is 2. The average molecular weight is 407 g/mol. The Balaban J connectivity index is 1.59. The molecule has 0 aliphatic heterocycles. The number of para-hydroxylation sites is 1. The minimum Gasteiger partial charge on any atom is -0.467 e. The number of nitrogens with one attached hydrogen (secondary N) is 2. The van der Waals surface area contributed by atoms with Gasteiger partial charge >= 0.3 is 0 Å². The number of furan rings is 2. The molecule has 0 saturated heterocycles. The average Bonchev–Trinajstić information content (AvgIpc) is 3.41. The van der Waals surface area contributed by atoms with Crippen molar-refractivity contribution in [3.63, 3.8) is 0 Å². The fraction of sp³-hybridized carbons (Fsp3) is 0.182. The smallest absolute Gasteiger partial charge is 0.253 e. The van der Waals surface area contributed by atoms with E-state index in [9.17, 15) is 4.79 Å². The van der Waals surface area contributed by atoms with E-state index in [4.69, 9.17) is 21.1 Å². The van der Waals surface area contributed by atoms with Crippen LogP contribution >= 0.6 is 12.2 Å². The van der Waals surface area contributed by atoms with Gasteiger partial charge in [-0.05, 0) is 60.4 Å². The molecule has 0 spiro atoms. The number of H-pyrrole nitrogens is 1. The predicted molar refractivity (Wildman–Crippen MR) is 115 cm³/mol. The van der Waals surface area contributed by atoms with Gasteiger partial charge in [0.25, 0.3) is 5.56 Å². The largest absolute Gasteiger partial charge is 0.467 e. The zero-order valence-corrected chi connectivity index (χ0v) is 16.8. The Morgan fingerprint density at radius 1 is 1.07 bits per heavy atom. The van der Waals surface area contributed by atoms with Gasteiger partial charge in [-0.2, -0.15) is 0 Å². The molecule has 0 aliphatic carbocycles. The van der Waals surface area contributed by atoms with Gasteiger partial charge < -0.3 is 24.0 Å². The van der Waals surface area contributed by atoms with Crippen molar-refractivity contribution in [1.82, 2.24) is 15.2 Å². The topological polar surface area (TPSA) is 74.4 Å². The fourth-order valence-corrected chi connectivity index (χ4v) is 3.43. The molecule has 4 aromatic rings. The summed E-state index contributed by atoms with van der Waals surface area (Å²) >= 11 is 5.60. The maximum Gasteiger partial charge on any atom is 0.253 e. The van der Waals surface area contributed by atoms with Crippen molar-refractivity contribution in [3.05, 3.63) is 94.1 Å². The third-order valence-corrected chi connectivity index (χ3v) is 5.14. The molecule has 0 amide bonds. The Morgan fingerprint density at radius 3 is 2.55 bits per heavy atom. The molecule has 0 bridgehead atoms. The highest BCUT2D eigenvalue weighted by molar-refractivity contribution is 7.80. The Hall–Kier alpha value is -3.32. The molecule has 29 heavy (non-hydrogen) atoms. The number of aromatic amines is 1. The Bertz CT molecular complexity index is 1160. The van der Waals surface area contributed by atoms with Crippen LogP contribution in [0.25, 0.3) is 10.9 Å². The molecular formula is C22H21N3O3S. The van der Waals surface area contributed by atoms with E-state index in [1.54, 1.807) is 12.5 Å². The van der Waals surface area contributed by atoms with Gasteiger partial charge in [-0.1, -0.05) is 18.2 Å². The lowest BCUT2D eigenvalue weighted by Gasteiger charge is -2.24. The quantitative estimate of drug-likeness (QED) is 0.469. The number of benzene rings is 1. The molecule has 0 unspecified atom stereocenters. The van der Waals surface area contributed by atoms with Crippen molar-refractivity contribution in [1.29, 1.82) is 0 Å². The lowest BCUT2D eigenvalue weighted by molar-refractivity contribution is 0.348. The molecule has 7 heteroatoms. The van der Waals surface area contributed by atoms with Gasteiger partial charge in [-0.3, -0.25) is 4.79 Å². The van der Waals surface area contributed by atoms with E-state index >= 15 is 0 Å². The maximum atomic E-state index is 12.7. The molecule has 0 radical (unpaired) electrons. The molecule has 2 N–H and O–H groups in total. The van der Waals surface area contributed by atoms with Crippen LogP contribution in [0.4, 0.5) is 0 Å². The Labute approximate surface area is 173 Å². The van der Waals surface area contributed by atoms with Crippen molar-refractivity contribution in [2.24, 2.45) is 0 Å². The first-order valence-corrected chi connectivity index (χ1v) is 9.70. The number of pyridine rings is 1. The Kier molecular flexibility index (Phi) is 5.48. The number of aryl methyl sites for hydroxylation is 1. The van der Waals surface area contributed by atoms with Crippen LogP contribution in [0.5, 0.6) is 0 Å². The zero-order valence-electron chi connectivity index (χ0n) is 16.0. The zero-order chi connectivity index (χ0) is 20.2. The first kappa shape index (κ1) is 19.0. The molecule has 148 valence electrons. The number of hydrogen-bond acceptors (Lipinski definition) is 4. The van der Waals surface area contributed by atoms with E-state index in [2.05, 4.69) is 10.3 Å². The summed E-state index contributed by atoms with van der Waals surface area (Å²) in [5, 5.41) is 4.70. The molecule has 1 aromatic carbocycles. The van der Waals surface area contributed by atoms with E-state index < -0.39 is 0 Å². The summed E-state index contributed by atoms with van der Waals surface area (Å²) in [4.78, 5) is 17.6. The lowest BCUT2D eigenvalue weighted by atomic mass is 10.1. The molecule has 3 aromatic heterocycles. The monoisotopic (exact) mass is 407 g/mol. The highest BCUT2D eigenvalue weighted by atomic mass is 32.1. The number of aromatic nitrogens is 1. The lowest BCUT2D eigenvalue weighted by Crippen LogP contribution is -2.39. The van der Waals surface area contributed by atoms with E-state index in [0.29, 0.717) is 30.3 Å². The van der Waals surface area contributed by atoms with Crippen LogP contribution in [-0.4, -0.2) is 15.0 Å². The second-order valence-electron chi connectivity index (χ2n) is 6.84. The third kappa shape index (κ3) is 4.41. The number of thiocarbonyl (C=S) groups is 1. The number of nitrogens with zero attached hydrogens (tertiary/aromatic N) is 1. The van der Waals surface area contributed by atoms with Crippen molar-refractivity contribution in [3.8, 4) is 0 Å². The molecule has 0 aliphatic rings. The summed E-state index contributed by atoms with van der Waals surface area (Å²) in [5.74, 6) is 1.55. The van der Waals surface area contributed by atoms with Crippen molar-refractivity contribution in [2.75, 3.05) is 0 Å². The standard InChI is InChI=1S/C22H21N3O3S/c1-15-5-2-6-16-11-17(21(26)24-20(15)16)13-25(14-19-8-4-10-28-19)22(29)23-12-18-7-3-9-27-18/h2-11H,12-14H2,1H3,(H,23,29)(H,24,26). The summed E-state index contributed by atoms with van der Waals surface area (Å²) < 4.78 is 10.8. The SMILES string of the molecule is Cc1cccc2cc(CN(Cc3ccco3)C(=S)NCc3ccco3)c(=O)[nH]c12. The highest BCUT2D eigenvalue weighted by Gasteiger charge is 2.16. The van der Waals surface area contributed by atoms with Gasteiger partial charge in [0.2, 0.25) is 0 Å².